The van der Waals surface area contributed by atoms with Crippen LogP contribution in [0, 0.1) is 5.92 Å². The summed E-state index contributed by atoms with van der Waals surface area (Å²) in [5, 5.41) is 0. The van der Waals surface area contributed by atoms with Crippen molar-refractivity contribution in [2.24, 2.45) is 11.8 Å². The monoisotopic (exact) mass is 276 g/mol. The van der Waals surface area contributed by atoms with Gasteiger partial charge in [-0.15, -0.1) is 0 Å². The first-order valence-electron chi connectivity index (χ1n) is 6.72. The summed E-state index contributed by atoms with van der Waals surface area (Å²) >= 11 is 0. The highest BCUT2D eigenvalue weighted by molar-refractivity contribution is 7.90. The molecule has 5 nitrogen and oxygen atoms in total. The summed E-state index contributed by atoms with van der Waals surface area (Å²) in [6, 6.07) is -0.152. The average molecular weight is 276 g/mol. The third-order valence-electron chi connectivity index (χ3n) is 4.31. The predicted octanol–water partition coefficient (Wildman–Crippen LogP) is 0.602. The maximum absolute atomic E-state index is 11.4. The molecule has 0 amide bonds. The highest BCUT2D eigenvalue weighted by Gasteiger charge is 2.42. The Balaban J connectivity index is 2.02. The Hall–Kier alpha value is -0.170. The van der Waals surface area contributed by atoms with Crippen molar-refractivity contribution in [3.05, 3.63) is 0 Å². The first kappa shape index (κ1) is 14.2. The van der Waals surface area contributed by atoms with Crippen LogP contribution in [-0.2, 0) is 14.6 Å². The zero-order chi connectivity index (χ0) is 13.2. The smallest absolute Gasteiger partial charge is 0.149 e. The van der Waals surface area contributed by atoms with E-state index in [1.54, 1.807) is 0 Å². The van der Waals surface area contributed by atoms with Crippen molar-refractivity contribution in [1.29, 1.82) is 0 Å². The van der Waals surface area contributed by atoms with Gasteiger partial charge in [0.25, 0.3) is 0 Å². The van der Waals surface area contributed by atoms with Gasteiger partial charge in [0.2, 0.25) is 0 Å². The molecule has 1 aliphatic carbocycles. The molecule has 6 heteroatoms. The molecule has 1 saturated heterocycles. The maximum Gasteiger partial charge on any atom is 0.149 e. The Morgan fingerprint density at radius 2 is 2.11 bits per heavy atom. The molecule has 0 aromatic carbocycles. The molecule has 106 valence electrons. The van der Waals surface area contributed by atoms with E-state index in [1.807, 2.05) is 0 Å². The van der Waals surface area contributed by atoms with E-state index in [-0.39, 0.29) is 17.4 Å². The highest BCUT2D eigenvalue weighted by Crippen LogP contribution is 2.42. The molecule has 1 heterocycles. The minimum Gasteiger partial charge on any atom is -0.375 e. The molecule has 1 aliphatic heterocycles. The van der Waals surface area contributed by atoms with Gasteiger partial charge in [-0.1, -0.05) is 12.8 Å². The number of nitrogens with one attached hydrogen (secondary N) is 1. The summed E-state index contributed by atoms with van der Waals surface area (Å²) in [6.07, 6.45) is 7.77. The van der Waals surface area contributed by atoms with Crippen molar-refractivity contribution in [2.75, 3.05) is 18.6 Å². The van der Waals surface area contributed by atoms with E-state index in [2.05, 4.69) is 5.43 Å². The molecular formula is C12H24N2O3S. The molecule has 0 bridgehead atoms. The van der Waals surface area contributed by atoms with Crippen LogP contribution in [0.4, 0.5) is 0 Å². The Bertz CT molecular complexity index is 377. The van der Waals surface area contributed by atoms with E-state index in [9.17, 15) is 8.42 Å². The molecule has 0 radical (unpaired) electrons. The molecule has 0 aromatic rings. The van der Waals surface area contributed by atoms with Crippen LogP contribution in [0.15, 0.2) is 0 Å². The number of hydrogen-bond donors (Lipinski definition) is 2. The molecule has 1 saturated carbocycles. The summed E-state index contributed by atoms with van der Waals surface area (Å²) < 4.78 is 28.8. The number of ether oxygens (including phenoxy) is 1. The van der Waals surface area contributed by atoms with Crippen molar-refractivity contribution in [3.63, 3.8) is 0 Å². The largest absolute Gasteiger partial charge is 0.375 e. The normalized spacial score (nSPS) is 29.6. The standard InChI is InChI=1S/C12H24N2O3S/c1-18(15,16)9-11(14-13)10-4-7-17-12(8-10)5-2-3-6-12/h10-11,14H,2-9,13H2,1H3. The van der Waals surface area contributed by atoms with Crippen molar-refractivity contribution in [1.82, 2.24) is 5.43 Å². The summed E-state index contributed by atoms with van der Waals surface area (Å²) in [5.41, 5.74) is 2.71. The van der Waals surface area contributed by atoms with Gasteiger partial charge in [-0.25, -0.2) is 8.42 Å². The lowest BCUT2D eigenvalue weighted by atomic mass is 9.81. The van der Waals surface area contributed by atoms with Crippen LogP contribution in [0.5, 0.6) is 0 Å². The number of hydrogen-bond acceptors (Lipinski definition) is 5. The number of rotatable bonds is 4. The van der Waals surface area contributed by atoms with Gasteiger partial charge in [0.15, 0.2) is 0 Å². The van der Waals surface area contributed by atoms with E-state index in [0.717, 1.165) is 32.3 Å². The Labute approximate surface area is 109 Å². The van der Waals surface area contributed by atoms with Crippen LogP contribution >= 0.6 is 0 Å². The predicted molar refractivity (Wildman–Crippen MR) is 70.7 cm³/mol. The summed E-state index contributed by atoms with van der Waals surface area (Å²) in [5.74, 6) is 5.96. The molecule has 1 spiro atoms. The zero-order valence-corrected chi connectivity index (χ0v) is 11.8. The topological polar surface area (TPSA) is 81.4 Å². The number of nitrogens with two attached hydrogens (primary N) is 1. The summed E-state index contributed by atoms with van der Waals surface area (Å²) in [7, 11) is -3.00. The van der Waals surface area contributed by atoms with E-state index in [4.69, 9.17) is 10.6 Å². The quantitative estimate of drug-likeness (QED) is 0.580. The molecule has 2 aliphatic rings. The second-order valence-electron chi connectivity index (χ2n) is 5.86. The van der Waals surface area contributed by atoms with Crippen molar-refractivity contribution < 1.29 is 13.2 Å². The van der Waals surface area contributed by atoms with Crippen LogP contribution in [0.3, 0.4) is 0 Å². The van der Waals surface area contributed by atoms with Crippen LogP contribution < -0.4 is 11.3 Å². The van der Waals surface area contributed by atoms with Gasteiger partial charge in [-0.3, -0.25) is 11.3 Å². The molecule has 2 atom stereocenters. The first-order valence-corrected chi connectivity index (χ1v) is 8.78. The number of sulfone groups is 1. The second kappa shape index (κ2) is 5.45. The van der Waals surface area contributed by atoms with Gasteiger partial charge >= 0.3 is 0 Å². The molecular weight excluding hydrogens is 252 g/mol. The fraction of sp³-hybridized carbons (Fsp3) is 1.00. The highest BCUT2D eigenvalue weighted by atomic mass is 32.2. The third kappa shape index (κ3) is 3.44. The van der Waals surface area contributed by atoms with Gasteiger partial charge in [0.05, 0.1) is 11.4 Å². The second-order valence-corrected chi connectivity index (χ2v) is 8.04. The molecule has 2 unspecified atom stereocenters. The summed E-state index contributed by atoms with van der Waals surface area (Å²) in [4.78, 5) is 0. The first-order chi connectivity index (χ1) is 8.44. The Kier molecular flexibility index (Phi) is 4.31. The Morgan fingerprint density at radius 1 is 1.44 bits per heavy atom. The minimum absolute atomic E-state index is 0.00944. The summed E-state index contributed by atoms with van der Waals surface area (Å²) in [6.45, 7) is 0.729. The van der Waals surface area contributed by atoms with Crippen molar-refractivity contribution >= 4 is 9.84 Å². The van der Waals surface area contributed by atoms with E-state index in [0.29, 0.717) is 5.92 Å². The van der Waals surface area contributed by atoms with Gasteiger partial charge in [-0.05, 0) is 31.6 Å². The van der Waals surface area contributed by atoms with Gasteiger partial charge in [-0.2, -0.15) is 0 Å². The van der Waals surface area contributed by atoms with Crippen LogP contribution in [0.2, 0.25) is 0 Å². The fourth-order valence-corrected chi connectivity index (χ4v) is 4.44. The van der Waals surface area contributed by atoms with Crippen LogP contribution in [0.1, 0.15) is 38.5 Å². The lowest BCUT2D eigenvalue weighted by molar-refractivity contribution is -0.0968. The molecule has 18 heavy (non-hydrogen) atoms. The fourth-order valence-electron chi connectivity index (χ4n) is 3.42. The minimum atomic E-state index is -3.00. The molecule has 0 aromatic heterocycles. The lowest BCUT2D eigenvalue weighted by Crippen LogP contribution is -2.50. The van der Waals surface area contributed by atoms with Gasteiger partial charge in [0.1, 0.15) is 9.84 Å². The zero-order valence-electron chi connectivity index (χ0n) is 11.0. The van der Waals surface area contributed by atoms with Gasteiger partial charge < -0.3 is 4.74 Å². The van der Waals surface area contributed by atoms with Crippen molar-refractivity contribution in [2.45, 2.75) is 50.2 Å². The average Bonchev–Trinajstić information content (AvgIpc) is 2.73. The molecule has 2 fully saturated rings. The molecule has 2 rings (SSSR count). The van der Waals surface area contributed by atoms with Gasteiger partial charge in [0, 0.05) is 18.9 Å². The van der Waals surface area contributed by atoms with Crippen LogP contribution in [-0.4, -0.2) is 38.7 Å². The SMILES string of the molecule is CS(=O)(=O)CC(NN)C1CCOC2(CCCC2)C1. The maximum atomic E-state index is 11.4. The van der Waals surface area contributed by atoms with E-state index >= 15 is 0 Å². The third-order valence-corrected chi connectivity index (χ3v) is 5.28. The van der Waals surface area contributed by atoms with Crippen LogP contribution in [0.25, 0.3) is 0 Å². The number of hydrazine groups is 1. The lowest BCUT2D eigenvalue weighted by Gasteiger charge is -2.41. The Morgan fingerprint density at radius 3 is 2.67 bits per heavy atom. The van der Waals surface area contributed by atoms with E-state index < -0.39 is 9.84 Å². The molecule has 3 N–H and O–H groups in total. The van der Waals surface area contributed by atoms with E-state index in [1.165, 1.54) is 19.1 Å². The van der Waals surface area contributed by atoms with Crippen molar-refractivity contribution in [3.8, 4) is 0 Å².